The number of hydrogen-bond donors (Lipinski definition) is 3. The first kappa shape index (κ1) is 18.0. The molecule has 0 saturated heterocycles. The van der Waals surface area contributed by atoms with Gasteiger partial charge in [-0.3, -0.25) is 4.79 Å². The number of phenolic OH excluding ortho intramolecular Hbond substituents is 1. The normalized spacial score (nSPS) is 11.2. The Labute approximate surface area is 141 Å². The van der Waals surface area contributed by atoms with Gasteiger partial charge < -0.3 is 10.4 Å². The van der Waals surface area contributed by atoms with Crippen LogP contribution in [0, 0.1) is 0 Å². The van der Waals surface area contributed by atoms with E-state index in [4.69, 9.17) is 5.14 Å². The van der Waals surface area contributed by atoms with Gasteiger partial charge >= 0.3 is 0 Å². The molecule has 0 aliphatic rings. The van der Waals surface area contributed by atoms with E-state index in [0.29, 0.717) is 25.8 Å². The van der Waals surface area contributed by atoms with E-state index in [-0.39, 0.29) is 16.6 Å². The van der Waals surface area contributed by atoms with Crippen LogP contribution in [0.2, 0.25) is 0 Å². The van der Waals surface area contributed by atoms with Gasteiger partial charge in [0.15, 0.2) is 0 Å². The van der Waals surface area contributed by atoms with E-state index in [9.17, 15) is 18.3 Å². The maximum atomic E-state index is 11.8. The Morgan fingerprint density at radius 1 is 0.958 bits per heavy atom. The van der Waals surface area contributed by atoms with E-state index in [1.165, 1.54) is 12.1 Å². The summed E-state index contributed by atoms with van der Waals surface area (Å²) in [6, 6.07) is 13.0. The second kappa shape index (κ2) is 7.94. The van der Waals surface area contributed by atoms with E-state index >= 15 is 0 Å². The van der Waals surface area contributed by atoms with E-state index in [1.807, 2.05) is 0 Å². The summed E-state index contributed by atoms with van der Waals surface area (Å²) in [5.74, 6) is 0.154. The van der Waals surface area contributed by atoms with Crippen molar-refractivity contribution >= 4 is 15.9 Å². The van der Waals surface area contributed by atoms with Crippen LogP contribution in [0.3, 0.4) is 0 Å². The summed E-state index contributed by atoms with van der Waals surface area (Å²) in [7, 11) is -3.68. The molecule has 1 amide bonds. The average molecular weight is 348 g/mol. The van der Waals surface area contributed by atoms with Crippen molar-refractivity contribution in [3.63, 3.8) is 0 Å². The predicted molar refractivity (Wildman–Crippen MR) is 91.0 cm³/mol. The number of carbonyl (C=O) groups excluding carboxylic acids is 1. The number of rotatable bonds is 7. The molecule has 0 bridgehead atoms. The molecular weight excluding hydrogens is 328 g/mol. The molecule has 0 aromatic heterocycles. The molecule has 0 saturated carbocycles. The Bertz CT molecular complexity index is 784. The van der Waals surface area contributed by atoms with Crippen molar-refractivity contribution in [3.8, 4) is 5.75 Å². The largest absolute Gasteiger partial charge is 0.508 e. The molecular formula is C17H20N2O4S. The van der Waals surface area contributed by atoms with Crippen LogP contribution in [0.1, 0.15) is 17.5 Å². The highest BCUT2D eigenvalue weighted by Gasteiger charge is 2.07. The van der Waals surface area contributed by atoms with Crippen LogP contribution in [0.15, 0.2) is 53.4 Å². The Balaban J connectivity index is 1.73. The van der Waals surface area contributed by atoms with Gasteiger partial charge in [-0.25, -0.2) is 13.6 Å². The van der Waals surface area contributed by atoms with Gasteiger partial charge in [0, 0.05) is 13.0 Å². The average Bonchev–Trinajstić information content (AvgIpc) is 2.54. The molecule has 0 fully saturated rings. The summed E-state index contributed by atoms with van der Waals surface area (Å²) in [5, 5.41) is 17.1. The van der Waals surface area contributed by atoms with E-state index in [2.05, 4.69) is 5.32 Å². The zero-order valence-corrected chi connectivity index (χ0v) is 13.9. The van der Waals surface area contributed by atoms with Gasteiger partial charge in [0.05, 0.1) is 4.90 Å². The van der Waals surface area contributed by atoms with Gasteiger partial charge in [-0.1, -0.05) is 24.3 Å². The number of benzene rings is 2. The quantitative estimate of drug-likeness (QED) is 0.701. The number of hydrogen-bond acceptors (Lipinski definition) is 4. The van der Waals surface area contributed by atoms with Crippen LogP contribution in [0.25, 0.3) is 0 Å². The van der Waals surface area contributed by atoms with Crippen LogP contribution < -0.4 is 10.5 Å². The van der Waals surface area contributed by atoms with Crippen LogP contribution in [0.5, 0.6) is 5.75 Å². The van der Waals surface area contributed by atoms with Crippen molar-refractivity contribution in [3.05, 3.63) is 59.7 Å². The molecule has 4 N–H and O–H groups in total. The molecule has 0 spiro atoms. The third-order valence-electron chi connectivity index (χ3n) is 3.56. The minimum atomic E-state index is -3.68. The maximum Gasteiger partial charge on any atom is 0.238 e. The second-order valence-electron chi connectivity index (χ2n) is 5.46. The molecule has 128 valence electrons. The Morgan fingerprint density at radius 3 is 2.08 bits per heavy atom. The number of amides is 1. The van der Waals surface area contributed by atoms with Crippen LogP contribution >= 0.6 is 0 Å². The van der Waals surface area contributed by atoms with Crippen molar-refractivity contribution < 1.29 is 18.3 Å². The second-order valence-corrected chi connectivity index (χ2v) is 7.02. The monoisotopic (exact) mass is 348 g/mol. The van der Waals surface area contributed by atoms with Crippen molar-refractivity contribution in [2.24, 2.45) is 5.14 Å². The molecule has 0 atom stereocenters. The highest BCUT2D eigenvalue weighted by molar-refractivity contribution is 7.89. The predicted octanol–water partition coefficient (Wildman–Crippen LogP) is 1.33. The Morgan fingerprint density at radius 2 is 1.50 bits per heavy atom. The lowest BCUT2D eigenvalue weighted by Gasteiger charge is -2.06. The van der Waals surface area contributed by atoms with Gasteiger partial charge in [0.1, 0.15) is 5.75 Å². The molecule has 2 aromatic carbocycles. The van der Waals surface area contributed by atoms with Crippen molar-refractivity contribution in [2.75, 3.05) is 6.54 Å². The SMILES string of the molecule is NS(=O)(=O)c1ccc(CCNC(=O)CCc2ccc(O)cc2)cc1. The lowest BCUT2D eigenvalue weighted by atomic mass is 10.1. The molecule has 0 aliphatic carbocycles. The molecule has 0 aliphatic heterocycles. The fraction of sp³-hybridized carbons (Fsp3) is 0.235. The summed E-state index contributed by atoms with van der Waals surface area (Å²) in [4.78, 5) is 11.9. The Kier molecular flexibility index (Phi) is 5.94. The highest BCUT2D eigenvalue weighted by atomic mass is 32.2. The number of aryl methyl sites for hydroxylation is 1. The topological polar surface area (TPSA) is 109 Å². The minimum Gasteiger partial charge on any atom is -0.508 e. The van der Waals surface area contributed by atoms with Crippen LogP contribution in [-0.2, 0) is 27.7 Å². The van der Waals surface area contributed by atoms with E-state index in [0.717, 1.165) is 11.1 Å². The van der Waals surface area contributed by atoms with Gasteiger partial charge in [-0.15, -0.1) is 0 Å². The summed E-state index contributed by atoms with van der Waals surface area (Å²) in [6.07, 6.45) is 1.58. The van der Waals surface area contributed by atoms with Gasteiger partial charge in [0.2, 0.25) is 15.9 Å². The molecule has 24 heavy (non-hydrogen) atoms. The third-order valence-corrected chi connectivity index (χ3v) is 4.49. The summed E-state index contributed by atoms with van der Waals surface area (Å²) >= 11 is 0. The molecule has 0 heterocycles. The first-order chi connectivity index (χ1) is 11.3. The number of nitrogens with one attached hydrogen (secondary N) is 1. The van der Waals surface area contributed by atoms with E-state index < -0.39 is 10.0 Å². The highest BCUT2D eigenvalue weighted by Crippen LogP contribution is 2.11. The van der Waals surface area contributed by atoms with Gasteiger partial charge in [-0.2, -0.15) is 0 Å². The maximum absolute atomic E-state index is 11.8. The molecule has 7 heteroatoms. The zero-order chi connectivity index (χ0) is 17.6. The first-order valence-electron chi connectivity index (χ1n) is 7.51. The zero-order valence-electron chi connectivity index (χ0n) is 13.1. The number of phenols is 1. The first-order valence-corrected chi connectivity index (χ1v) is 9.05. The third kappa shape index (κ3) is 5.68. The molecule has 6 nitrogen and oxygen atoms in total. The number of primary sulfonamides is 1. The molecule has 0 unspecified atom stereocenters. The van der Waals surface area contributed by atoms with Crippen molar-refractivity contribution in [2.45, 2.75) is 24.2 Å². The van der Waals surface area contributed by atoms with Gasteiger partial charge in [0.25, 0.3) is 0 Å². The molecule has 2 rings (SSSR count). The number of nitrogens with two attached hydrogens (primary N) is 1. The summed E-state index contributed by atoms with van der Waals surface area (Å²) < 4.78 is 22.3. The minimum absolute atomic E-state index is 0.0516. The van der Waals surface area contributed by atoms with Crippen molar-refractivity contribution in [1.82, 2.24) is 5.32 Å². The van der Waals surface area contributed by atoms with E-state index in [1.54, 1.807) is 36.4 Å². The van der Waals surface area contributed by atoms with Gasteiger partial charge in [-0.05, 0) is 48.2 Å². The fourth-order valence-electron chi connectivity index (χ4n) is 2.20. The lowest BCUT2D eigenvalue weighted by molar-refractivity contribution is -0.121. The lowest BCUT2D eigenvalue weighted by Crippen LogP contribution is -2.25. The number of sulfonamides is 1. The summed E-state index contributed by atoms with van der Waals surface area (Å²) in [6.45, 7) is 0.475. The van der Waals surface area contributed by atoms with Crippen molar-refractivity contribution in [1.29, 1.82) is 0 Å². The van der Waals surface area contributed by atoms with Crippen LogP contribution in [0.4, 0.5) is 0 Å². The fourth-order valence-corrected chi connectivity index (χ4v) is 2.72. The Hall–Kier alpha value is -2.38. The number of carbonyl (C=O) groups is 1. The standard InChI is InChI=1S/C17H20N2O4S/c18-24(22,23)16-8-3-14(4-9-16)11-12-19-17(21)10-5-13-1-6-15(20)7-2-13/h1-4,6-9,20H,5,10-12H2,(H,19,21)(H2,18,22,23). The van der Waals surface area contributed by atoms with Crippen LogP contribution in [-0.4, -0.2) is 26.0 Å². The smallest absolute Gasteiger partial charge is 0.238 e. The molecule has 2 aromatic rings. The summed E-state index contributed by atoms with van der Waals surface area (Å²) in [5.41, 5.74) is 1.91. The number of aromatic hydroxyl groups is 1. The molecule has 0 radical (unpaired) electrons.